The molecule has 7 heteroatoms. The summed E-state index contributed by atoms with van der Waals surface area (Å²) in [6.45, 7) is 0.277. The molecule has 21 heavy (non-hydrogen) atoms. The van der Waals surface area contributed by atoms with Crippen molar-refractivity contribution in [2.45, 2.75) is 13.2 Å². The zero-order valence-corrected chi connectivity index (χ0v) is 12.4. The number of nitro benzene ring substituents is 1. The molecule has 0 saturated carbocycles. The van der Waals surface area contributed by atoms with E-state index in [4.69, 9.17) is 33.7 Å². The molecule has 0 heterocycles. The third kappa shape index (κ3) is 3.85. The van der Waals surface area contributed by atoms with E-state index in [2.05, 4.69) is 0 Å². The zero-order chi connectivity index (χ0) is 15.4. The molecule has 5 nitrogen and oxygen atoms in total. The summed E-state index contributed by atoms with van der Waals surface area (Å²) in [7, 11) is 0. The van der Waals surface area contributed by atoms with E-state index in [1.807, 2.05) is 0 Å². The maximum absolute atomic E-state index is 11.0. The van der Waals surface area contributed by atoms with Crippen molar-refractivity contribution in [1.82, 2.24) is 0 Å². The first-order valence-electron chi connectivity index (χ1n) is 6.05. The van der Waals surface area contributed by atoms with Crippen LogP contribution in [-0.4, -0.2) is 4.92 Å². The van der Waals surface area contributed by atoms with Crippen LogP contribution in [-0.2, 0) is 13.2 Å². The Kier molecular flexibility index (Phi) is 5.01. The topological polar surface area (TPSA) is 78.4 Å². The lowest BCUT2D eigenvalue weighted by Crippen LogP contribution is -2.04. The molecule has 0 aliphatic rings. The molecule has 110 valence electrons. The second-order valence-electron chi connectivity index (χ2n) is 4.27. The van der Waals surface area contributed by atoms with Gasteiger partial charge in [-0.05, 0) is 30.3 Å². The summed E-state index contributed by atoms with van der Waals surface area (Å²) in [5.74, 6) is 0.538. The Bertz CT molecular complexity index is 677. The van der Waals surface area contributed by atoms with Crippen molar-refractivity contribution < 1.29 is 9.66 Å². The number of nitro groups is 1. The second-order valence-corrected chi connectivity index (χ2v) is 5.15. The lowest BCUT2D eigenvalue weighted by Gasteiger charge is -2.11. The van der Waals surface area contributed by atoms with Crippen LogP contribution in [0.5, 0.6) is 5.75 Å². The molecule has 0 aliphatic heterocycles. The molecule has 0 aromatic heterocycles. The van der Waals surface area contributed by atoms with Crippen LogP contribution in [0.4, 0.5) is 5.69 Å². The summed E-state index contributed by atoms with van der Waals surface area (Å²) in [5.41, 5.74) is 6.71. The highest BCUT2D eigenvalue weighted by molar-refractivity contribution is 6.31. The molecule has 2 aromatic rings. The monoisotopic (exact) mass is 326 g/mol. The molecule has 2 rings (SSSR count). The lowest BCUT2D eigenvalue weighted by atomic mass is 10.2. The molecule has 0 amide bonds. The molecule has 2 N–H and O–H groups in total. The average Bonchev–Trinajstić information content (AvgIpc) is 2.45. The lowest BCUT2D eigenvalue weighted by molar-refractivity contribution is -0.385. The predicted octanol–water partition coefficient (Wildman–Crippen LogP) is 3.94. The average molecular weight is 327 g/mol. The zero-order valence-electron chi connectivity index (χ0n) is 10.9. The SMILES string of the molecule is NCc1cc(Cl)ccc1OCc1cc(Cl)ccc1[N+](=O)[O-]. The number of nitrogens with two attached hydrogens (primary N) is 1. The van der Waals surface area contributed by atoms with E-state index >= 15 is 0 Å². The summed E-state index contributed by atoms with van der Waals surface area (Å²) in [4.78, 5) is 10.5. The van der Waals surface area contributed by atoms with Gasteiger partial charge < -0.3 is 10.5 Å². The molecule has 0 bridgehead atoms. The first kappa shape index (κ1) is 15.6. The summed E-state index contributed by atoms with van der Waals surface area (Å²) in [6, 6.07) is 9.38. The van der Waals surface area contributed by atoms with Gasteiger partial charge in [0.15, 0.2) is 0 Å². The van der Waals surface area contributed by atoms with Gasteiger partial charge in [0.1, 0.15) is 12.4 Å². The van der Waals surface area contributed by atoms with Crippen molar-refractivity contribution in [2.24, 2.45) is 5.73 Å². The molecular weight excluding hydrogens is 315 g/mol. The standard InChI is InChI=1S/C14H12Cl2N2O3/c15-11-1-3-13(18(19)20)10(6-11)8-21-14-4-2-12(16)5-9(14)7-17/h1-6H,7-8,17H2. The fourth-order valence-corrected chi connectivity index (χ4v) is 2.24. The minimum Gasteiger partial charge on any atom is -0.488 e. The van der Waals surface area contributed by atoms with Crippen LogP contribution in [0.2, 0.25) is 10.0 Å². The van der Waals surface area contributed by atoms with Crippen molar-refractivity contribution >= 4 is 28.9 Å². The fraction of sp³-hybridized carbons (Fsp3) is 0.143. The molecule has 0 spiro atoms. The van der Waals surface area contributed by atoms with Gasteiger partial charge in [-0.3, -0.25) is 10.1 Å². The number of ether oxygens (including phenoxy) is 1. The Morgan fingerprint density at radius 2 is 1.71 bits per heavy atom. The van der Waals surface area contributed by atoms with Gasteiger partial charge in [-0.15, -0.1) is 0 Å². The normalized spacial score (nSPS) is 10.4. The third-order valence-corrected chi connectivity index (χ3v) is 3.33. The van der Waals surface area contributed by atoms with Crippen LogP contribution in [0, 0.1) is 10.1 Å². The van der Waals surface area contributed by atoms with E-state index < -0.39 is 4.92 Å². The van der Waals surface area contributed by atoms with Crippen LogP contribution in [0.3, 0.4) is 0 Å². The highest BCUT2D eigenvalue weighted by Gasteiger charge is 2.15. The van der Waals surface area contributed by atoms with Crippen LogP contribution in [0.25, 0.3) is 0 Å². The number of hydrogen-bond donors (Lipinski definition) is 1. The van der Waals surface area contributed by atoms with Gasteiger partial charge in [-0.2, -0.15) is 0 Å². The maximum Gasteiger partial charge on any atom is 0.276 e. The van der Waals surface area contributed by atoms with Gasteiger partial charge in [-0.1, -0.05) is 23.2 Å². The van der Waals surface area contributed by atoms with Crippen molar-refractivity contribution in [3.05, 3.63) is 67.7 Å². The van der Waals surface area contributed by atoms with Crippen molar-refractivity contribution in [3.8, 4) is 5.75 Å². The Morgan fingerprint density at radius 1 is 1.10 bits per heavy atom. The number of nitrogens with zero attached hydrogens (tertiary/aromatic N) is 1. The van der Waals surface area contributed by atoms with Gasteiger partial charge >= 0.3 is 0 Å². The van der Waals surface area contributed by atoms with Gasteiger partial charge in [-0.25, -0.2) is 0 Å². The molecule has 0 aliphatic carbocycles. The number of benzene rings is 2. The Morgan fingerprint density at radius 3 is 2.33 bits per heavy atom. The predicted molar refractivity (Wildman–Crippen MR) is 81.8 cm³/mol. The Balaban J connectivity index is 2.24. The summed E-state index contributed by atoms with van der Waals surface area (Å²) in [5, 5.41) is 11.9. The molecule has 0 radical (unpaired) electrons. The van der Waals surface area contributed by atoms with Gasteiger partial charge in [0.25, 0.3) is 5.69 Å². The van der Waals surface area contributed by atoms with Gasteiger partial charge in [0.2, 0.25) is 0 Å². The number of hydrogen-bond acceptors (Lipinski definition) is 4. The molecular formula is C14H12Cl2N2O3. The smallest absolute Gasteiger partial charge is 0.276 e. The quantitative estimate of drug-likeness (QED) is 0.666. The van der Waals surface area contributed by atoms with E-state index in [1.165, 1.54) is 18.2 Å². The van der Waals surface area contributed by atoms with Crippen LogP contribution in [0.1, 0.15) is 11.1 Å². The van der Waals surface area contributed by atoms with Crippen molar-refractivity contribution in [1.29, 1.82) is 0 Å². The summed E-state index contributed by atoms with van der Waals surface area (Å²) >= 11 is 11.7. The van der Waals surface area contributed by atoms with Crippen LogP contribution < -0.4 is 10.5 Å². The molecule has 0 unspecified atom stereocenters. The van der Waals surface area contributed by atoms with Crippen LogP contribution in [0.15, 0.2) is 36.4 Å². The Labute approximate surface area is 131 Å². The molecule has 0 saturated heterocycles. The van der Waals surface area contributed by atoms with E-state index in [0.717, 1.165) is 5.56 Å². The van der Waals surface area contributed by atoms with Crippen LogP contribution >= 0.6 is 23.2 Å². The fourth-order valence-electron chi connectivity index (χ4n) is 1.85. The minimum atomic E-state index is -0.472. The van der Waals surface area contributed by atoms with E-state index in [0.29, 0.717) is 21.4 Å². The number of rotatable bonds is 5. The van der Waals surface area contributed by atoms with E-state index in [1.54, 1.807) is 18.2 Å². The van der Waals surface area contributed by atoms with E-state index in [-0.39, 0.29) is 18.8 Å². The molecule has 0 atom stereocenters. The largest absolute Gasteiger partial charge is 0.488 e. The third-order valence-electron chi connectivity index (χ3n) is 2.86. The first-order valence-corrected chi connectivity index (χ1v) is 6.81. The van der Waals surface area contributed by atoms with Crippen molar-refractivity contribution in [3.63, 3.8) is 0 Å². The first-order chi connectivity index (χ1) is 10.0. The van der Waals surface area contributed by atoms with Gasteiger partial charge in [0.05, 0.1) is 10.5 Å². The van der Waals surface area contributed by atoms with Crippen molar-refractivity contribution in [2.75, 3.05) is 0 Å². The van der Waals surface area contributed by atoms with Gasteiger partial charge in [0, 0.05) is 28.2 Å². The number of halogens is 2. The summed E-state index contributed by atoms with van der Waals surface area (Å²) < 4.78 is 5.61. The maximum atomic E-state index is 11.0. The highest BCUT2D eigenvalue weighted by atomic mass is 35.5. The molecule has 2 aromatic carbocycles. The highest BCUT2D eigenvalue weighted by Crippen LogP contribution is 2.27. The Hall–Kier alpha value is -1.82. The minimum absolute atomic E-state index is 0.0194. The second kappa shape index (κ2) is 6.76. The summed E-state index contributed by atoms with van der Waals surface area (Å²) in [6.07, 6.45) is 0. The van der Waals surface area contributed by atoms with E-state index in [9.17, 15) is 10.1 Å². The molecule has 0 fully saturated rings.